The number of phenols is 1. The van der Waals surface area contributed by atoms with Gasteiger partial charge in [-0.15, -0.1) is 0 Å². The molecule has 5 nitrogen and oxygen atoms in total. The minimum atomic E-state index is -0.144. The Hall–Kier alpha value is -2.66. The Morgan fingerprint density at radius 3 is 2.73 bits per heavy atom. The average Bonchev–Trinajstić information content (AvgIpc) is 2.51. The summed E-state index contributed by atoms with van der Waals surface area (Å²) in [4.78, 5) is 18.0. The molecule has 0 saturated carbocycles. The van der Waals surface area contributed by atoms with Crippen LogP contribution in [0.25, 0.3) is 22.2 Å². The first kappa shape index (κ1) is 14.3. The Morgan fingerprint density at radius 2 is 2.05 bits per heavy atom. The molecule has 0 fully saturated rings. The molecular weight excluding hydrogens is 280 g/mol. The molecule has 0 saturated heterocycles. The van der Waals surface area contributed by atoms with Gasteiger partial charge in [0.2, 0.25) is 5.43 Å². The van der Waals surface area contributed by atoms with E-state index < -0.39 is 0 Å². The Kier molecular flexibility index (Phi) is 3.65. The fraction of sp³-hybridized carbons (Fsp3) is 0.176. The van der Waals surface area contributed by atoms with Crippen LogP contribution in [0.4, 0.5) is 0 Å². The van der Waals surface area contributed by atoms with Gasteiger partial charge in [-0.25, -0.2) is 0 Å². The molecular formula is C17H17N2O3+. The van der Waals surface area contributed by atoms with Crippen molar-refractivity contribution in [3.63, 3.8) is 0 Å². The van der Waals surface area contributed by atoms with Gasteiger partial charge >= 0.3 is 0 Å². The molecule has 2 heterocycles. The van der Waals surface area contributed by atoms with Crippen molar-refractivity contribution >= 4 is 11.0 Å². The molecule has 0 unspecified atom stereocenters. The van der Waals surface area contributed by atoms with Gasteiger partial charge in [0.15, 0.2) is 0 Å². The van der Waals surface area contributed by atoms with E-state index in [1.54, 1.807) is 30.5 Å². The second-order valence-electron chi connectivity index (χ2n) is 5.52. The summed E-state index contributed by atoms with van der Waals surface area (Å²) in [6.45, 7) is 0.565. The van der Waals surface area contributed by atoms with Gasteiger partial charge < -0.3 is 14.4 Å². The van der Waals surface area contributed by atoms with Crippen LogP contribution in [-0.4, -0.2) is 24.2 Å². The standard InChI is InChI=1S/C17H16N2O3/c1-19(2)9-12-15(20)7-6-11-16(21)13(10-22-17(11)12)14-5-3-4-8-18-14/h3-8,10,20H,9H2,1-2H3/p+1. The highest BCUT2D eigenvalue weighted by Crippen LogP contribution is 2.26. The van der Waals surface area contributed by atoms with Crippen molar-refractivity contribution in [3.8, 4) is 17.0 Å². The number of hydrogen-bond donors (Lipinski definition) is 2. The maximum atomic E-state index is 12.7. The highest BCUT2D eigenvalue weighted by Gasteiger charge is 2.17. The normalized spacial score (nSPS) is 11.2. The zero-order valence-corrected chi connectivity index (χ0v) is 12.5. The van der Waals surface area contributed by atoms with Crippen LogP contribution in [0.3, 0.4) is 0 Å². The zero-order chi connectivity index (χ0) is 15.7. The lowest BCUT2D eigenvalue weighted by atomic mass is 10.1. The van der Waals surface area contributed by atoms with Crippen molar-refractivity contribution in [3.05, 3.63) is 58.6 Å². The van der Waals surface area contributed by atoms with Crippen LogP contribution in [0.5, 0.6) is 5.75 Å². The van der Waals surface area contributed by atoms with Gasteiger partial charge in [0.1, 0.15) is 24.1 Å². The molecule has 112 valence electrons. The first-order valence-electron chi connectivity index (χ1n) is 7.04. The van der Waals surface area contributed by atoms with Crippen molar-refractivity contribution < 1.29 is 14.4 Å². The number of aromatic nitrogens is 1. The van der Waals surface area contributed by atoms with E-state index in [1.807, 2.05) is 20.2 Å². The molecule has 0 aliphatic heterocycles. The minimum absolute atomic E-state index is 0.141. The van der Waals surface area contributed by atoms with Gasteiger partial charge in [0, 0.05) is 6.20 Å². The first-order chi connectivity index (χ1) is 10.6. The van der Waals surface area contributed by atoms with Crippen LogP contribution < -0.4 is 10.3 Å². The molecule has 0 atom stereocenters. The van der Waals surface area contributed by atoms with Gasteiger partial charge in [0.05, 0.1) is 36.3 Å². The van der Waals surface area contributed by atoms with Crippen molar-refractivity contribution in [2.45, 2.75) is 6.54 Å². The minimum Gasteiger partial charge on any atom is -0.507 e. The average molecular weight is 297 g/mol. The number of pyridine rings is 1. The summed E-state index contributed by atoms with van der Waals surface area (Å²) in [6.07, 6.45) is 3.05. The lowest BCUT2D eigenvalue weighted by Crippen LogP contribution is -3.04. The van der Waals surface area contributed by atoms with E-state index in [0.29, 0.717) is 34.3 Å². The summed E-state index contributed by atoms with van der Waals surface area (Å²) in [5.41, 5.74) is 1.93. The third-order valence-corrected chi connectivity index (χ3v) is 3.49. The molecule has 0 bridgehead atoms. The molecule has 2 N–H and O–H groups in total. The maximum absolute atomic E-state index is 12.7. The van der Waals surface area contributed by atoms with E-state index in [-0.39, 0.29) is 11.2 Å². The second kappa shape index (κ2) is 5.61. The number of hydrogen-bond acceptors (Lipinski definition) is 4. The topological polar surface area (TPSA) is 67.8 Å². The smallest absolute Gasteiger partial charge is 0.202 e. The number of phenolic OH excluding ortho intramolecular Hbond substituents is 1. The Morgan fingerprint density at radius 1 is 1.23 bits per heavy atom. The predicted molar refractivity (Wildman–Crippen MR) is 83.9 cm³/mol. The van der Waals surface area contributed by atoms with Crippen LogP contribution in [-0.2, 0) is 6.54 Å². The highest BCUT2D eigenvalue weighted by molar-refractivity contribution is 5.85. The van der Waals surface area contributed by atoms with Crippen molar-refractivity contribution in [1.29, 1.82) is 0 Å². The molecule has 22 heavy (non-hydrogen) atoms. The summed E-state index contributed by atoms with van der Waals surface area (Å²) in [5.74, 6) is 0.141. The molecule has 5 heteroatoms. The fourth-order valence-corrected chi connectivity index (χ4v) is 2.47. The highest BCUT2D eigenvalue weighted by atomic mass is 16.3. The van der Waals surface area contributed by atoms with Crippen LogP contribution in [0.2, 0.25) is 0 Å². The molecule has 0 radical (unpaired) electrons. The first-order valence-corrected chi connectivity index (χ1v) is 7.04. The monoisotopic (exact) mass is 297 g/mol. The Labute approximate surface area is 127 Å². The summed E-state index contributed by atoms with van der Waals surface area (Å²) in [6, 6.07) is 8.52. The summed E-state index contributed by atoms with van der Waals surface area (Å²) < 4.78 is 5.68. The molecule has 0 amide bonds. The van der Waals surface area contributed by atoms with E-state index in [1.165, 1.54) is 6.26 Å². The van der Waals surface area contributed by atoms with Crippen LogP contribution >= 0.6 is 0 Å². The third-order valence-electron chi connectivity index (χ3n) is 3.49. The molecule has 1 aromatic carbocycles. The van der Waals surface area contributed by atoms with Crippen molar-refractivity contribution in [2.24, 2.45) is 0 Å². The molecule has 3 aromatic rings. The number of fused-ring (bicyclic) bond motifs is 1. The zero-order valence-electron chi connectivity index (χ0n) is 12.5. The van der Waals surface area contributed by atoms with Crippen LogP contribution in [0, 0.1) is 0 Å². The van der Waals surface area contributed by atoms with E-state index >= 15 is 0 Å². The summed E-state index contributed by atoms with van der Waals surface area (Å²) in [5, 5.41) is 10.5. The van der Waals surface area contributed by atoms with Gasteiger partial charge in [-0.05, 0) is 24.3 Å². The lowest BCUT2D eigenvalue weighted by Gasteiger charge is -2.11. The quantitative estimate of drug-likeness (QED) is 0.762. The summed E-state index contributed by atoms with van der Waals surface area (Å²) in [7, 11) is 3.94. The van der Waals surface area contributed by atoms with E-state index in [9.17, 15) is 9.90 Å². The summed E-state index contributed by atoms with van der Waals surface area (Å²) >= 11 is 0. The Balaban J connectivity index is 2.25. The SMILES string of the molecule is C[NH+](C)Cc1c(O)ccc2c(=O)c(-c3ccccn3)coc12. The van der Waals surface area contributed by atoms with E-state index in [0.717, 1.165) is 4.90 Å². The number of benzene rings is 1. The van der Waals surface area contributed by atoms with Crippen molar-refractivity contribution in [2.75, 3.05) is 14.1 Å². The molecule has 0 aliphatic carbocycles. The number of nitrogens with zero attached hydrogens (tertiary/aromatic N) is 1. The number of quaternary nitrogens is 1. The van der Waals surface area contributed by atoms with Gasteiger partial charge in [-0.3, -0.25) is 9.78 Å². The second-order valence-corrected chi connectivity index (χ2v) is 5.52. The lowest BCUT2D eigenvalue weighted by molar-refractivity contribution is -0.872. The van der Waals surface area contributed by atoms with Crippen LogP contribution in [0.15, 0.2) is 52.0 Å². The molecule has 0 spiro atoms. The van der Waals surface area contributed by atoms with E-state index in [2.05, 4.69) is 4.98 Å². The van der Waals surface area contributed by atoms with Gasteiger partial charge in [-0.1, -0.05) is 6.07 Å². The number of rotatable bonds is 3. The predicted octanol–water partition coefficient (Wildman–Crippen LogP) is 1.21. The van der Waals surface area contributed by atoms with Gasteiger partial charge in [-0.2, -0.15) is 0 Å². The Bertz CT molecular complexity index is 870. The molecule has 0 aliphatic rings. The number of nitrogens with one attached hydrogen (secondary N) is 1. The third kappa shape index (κ3) is 2.46. The molecule has 3 rings (SSSR count). The van der Waals surface area contributed by atoms with Gasteiger partial charge in [0.25, 0.3) is 0 Å². The maximum Gasteiger partial charge on any atom is 0.202 e. The van der Waals surface area contributed by atoms with Crippen molar-refractivity contribution in [1.82, 2.24) is 4.98 Å². The van der Waals surface area contributed by atoms with Crippen LogP contribution in [0.1, 0.15) is 5.56 Å². The number of aromatic hydroxyl groups is 1. The molecule has 2 aromatic heterocycles. The fourth-order valence-electron chi connectivity index (χ4n) is 2.47. The van der Waals surface area contributed by atoms with E-state index in [4.69, 9.17) is 4.42 Å². The largest absolute Gasteiger partial charge is 0.507 e.